The van der Waals surface area contributed by atoms with Crippen molar-refractivity contribution in [2.75, 3.05) is 0 Å². The fourth-order valence-electron chi connectivity index (χ4n) is 6.94. The molecule has 1 aliphatic heterocycles. The van der Waals surface area contributed by atoms with E-state index in [1.165, 1.54) is 5.56 Å². The number of benzene rings is 6. The second kappa shape index (κ2) is 10.5. The van der Waals surface area contributed by atoms with E-state index < -0.39 is 0 Å². The molecule has 48 heavy (non-hydrogen) atoms. The lowest BCUT2D eigenvalue weighted by Crippen LogP contribution is -2.09. The smallest absolute Gasteiger partial charge is 0.164 e. The van der Waals surface area contributed by atoms with Crippen LogP contribution in [0.25, 0.3) is 95.2 Å². The van der Waals surface area contributed by atoms with Gasteiger partial charge < -0.3 is 14.2 Å². The van der Waals surface area contributed by atoms with Crippen molar-refractivity contribution in [2.45, 2.75) is 6.54 Å². The molecule has 6 heteroatoms. The number of fused-ring (bicyclic) bond motifs is 7. The quantitative estimate of drug-likeness (QED) is 0.211. The molecule has 0 amide bonds. The number of nitrogens with one attached hydrogen (secondary N) is 1. The summed E-state index contributed by atoms with van der Waals surface area (Å²) in [6.45, 7) is 0.742. The second-order valence-electron chi connectivity index (χ2n) is 12.0. The molecule has 0 radical (unpaired) electrons. The van der Waals surface area contributed by atoms with E-state index in [1.54, 1.807) is 0 Å². The second-order valence-corrected chi connectivity index (χ2v) is 12.0. The minimum atomic E-state index is 0.588. The van der Waals surface area contributed by atoms with Gasteiger partial charge in [0.15, 0.2) is 17.5 Å². The highest BCUT2D eigenvalue weighted by molar-refractivity contribution is 6.20. The predicted molar refractivity (Wildman–Crippen MR) is 192 cm³/mol. The number of furan rings is 2. The summed E-state index contributed by atoms with van der Waals surface area (Å²) >= 11 is 0. The maximum atomic E-state index is 6.88. The van der Waals surface area contributed by atoms with Gasteiger partial charge in [-0.15, -0.1) is 0 Å². The molecule has 0 bridgehead atoms. The molecular formula is C42H26N4O2. The molecule has 6 nitrogen and oxygen atoms in total. The van der Waals surface area contributed by atoms with E-state index in [9.17, 15) is 0 Å². The highest BCUT2D eigenvalue weighted by Gasteiger charge is 2.23. The van der Waals surface area contributed by atoms with Crippen LogP contribution in [0.3, 0.4) is 0 Å². The fourth-order valence-corrected chi connectivity index (χ4v) is 6.94. The van der Waals surface area contributed by atoms with Gasteiger partial charge in [-0.25, -0.2) is 15.0 Å². The van der Waals surface area contributed by atoms with Crippen molar-refractivity contribution in [2.24, 2.45) is 0 Å². The van der Waals surface area contributed by atoms with Crippen molar-refractivity contribution in [3.8, 4) is 45.3 Å². The Bertz CT molecular complexity index is 2670. The predicted octanol–water partition coefficient (Wildman–Crippen LogP) is 10.4. The first-order chi connectivity index (χ1) is 23.8. The van der Waals surface area contributed by atoms with E-state index in [-0.39, 0.29) is 0 Å². The van der Waals surface area contributed by atoms with Crippen molar-refractivity contribution in [3.05, 3.63) is 145 Å². The van der Waals surface area contributed by atoms with Gasteiger partial charge in [0.05, 0.1) is 0 Å². The van der Waals surface area contributed by atoms with Crippen LogP contribution in [0.2, 0.25) is 0 Å². The number of hydrogen-bond donors (Lipinski definition) is 1. The van der Waals surface area contributed by atoms with Gasteiger partial charge in [-0.2, -0.15) is 0 Å². The molecule has 9 aromatic rings. The Kier molecular flexibility index (Phi) is 5.84. The van der Waals surface area contributed by atoms with Gasteiger partial charge in [-0.1, -0.05) is 91.0 Å². The summed E-state index contributed by atoms with van der Waals surface area (Å²) in [4.78, 5) is 15.1. The largest absolute Gasteiger partial charge is 0.456 e. The SMILES string of the molecule is C1=Cc2cc3oc4c(-c5cccc6oc7ccccc7c56)ccc(-c5nc(-c6ccccc6)nc(-c6ccccc6)n5)c4c3cc2CN1. The average Bonchev–Trinajstić information content (AvgIpc) is 3.72. The fraction of sp³-hybridized carbons (Fsp3) is 0.0238. The molecule has 0 saturated carbocycles. The lowest BCUT2D eigenvalue weighted by molar-refractivity contribution is 0.668. The van der Waals surface area contributed by atoms with Gasteiger partial charge in [0.25, 0.3) is 0 Å². The monoisotopic (exact) mass is 618 g/mol. The number of hydrogen-bond acceptors (Lipinski definition) is 6. The number of nitrogens with zero attached hydrogens (tertiary/aromatic N) is 3. The summed E-state index contributed by atoms with van der Waals surface area (Å²) in [7, 11) is 0. The first-order valence-corrected chi connectivity index (χ1v) is 16.0. The summed E-state index contributed by atoms with van der Waals surface area (Å²) < 4.78 is 13.2. The number of aromatic nitrogens is 3. The van der Waals surface area contributed by atoms with Gasteiger partial charge in [0.2, 0.25) is 0 Å². The molecule has 0 aliphatic carbocycles. The third kappa shape index (κ3) is 4.16. The van der Waals surface area contributed by atoms with Crippen LogP contribution in [0.5, 0.6) is 0 Å². The first-order valence-electron chi connectivity index (χ1n) is 16.0. The number of rotatable bonds is 4. The van der Waals surface area contributed by atoms with E-state index in [4.69, 9.17) is 23.8 Å². The topological polar surface area (TPSA) is 77.0 Å². The maximum Gasteiger partial charge on any atom is 0.164 e. The van der Waals surface area contributed by atoms with Crippen LogP contribution >= 0.6 is 0 Å². The van der Waals surface area contributed by atoms with Crippen LogP contribution < -0.4 is 5.32 Å². The standard InChI is InChI=1S/C42H26N4O2/c1-3-10-25(11-4-1)40-44-41(26-12-5-2-6-13-26)46-42(45-40)32-19-18-30(29-15-9-17-35-37(29)31-14-7-8-16-34(31)47-35)39-38(32)33-22-28-24-43-21-20-27(28)23-36(33)48-39/h1-23,43H,24H2. The highest BCUT2D eigenvalue weighted by Crippen LogP contribution is 2.45. The van der Waals surface area contributed by atoms with Gasteiger partial charge in [-0.3, -0.25) is 0 Å². The zero-order chi connectivity index (χ0) is 31.6. The van der Waals surface area contributed by atoms with E-state index >= 15 is 0 Å². The summed E-state index contributed by atoms with van der Waals surface area (Å²) in [6.07, 6.45) is 4.08. The Balaban J connectivity index is 1.30. The minimum absolute atomic E-state index is 0.588. The Hall–Kier alpha value is -6.53. The van der Waals surface area contributed by atoms with E-state index in [1.807, 2.05) is 91.1 Å². The molecule has 0 saturated heterocycles. The van der Waals surface area contributed by atoms with Gasteiger partial charge >= 0.3 is 0 Å². The lowest BCUT2D eigenvalue weighted by Gasteiger charge is -2.12. The molecule has 0 spiro atoms. The van der Waals surface area contributed by atoms with Crippen LogP contribution in [-0.2, 0) is 6.54 Å². The number of para-hydroxylation sites is 1. The summed E-state index contributed by atoms with van der Waals surface area (Å²) in [5.74, 6) is 1.82. The lowest BCUT2D eigenvalue weighted by atomic mass is 9.94. The van der Waals surface area contributed by atoms with Crippen molar-refractivity contribution < 1.29 is 8.83 Å². The first kappa shape index (κ1) is 26.7. The van der Waals surface area contributed by atoms with Crippen molar-refractivity contribution in [1.82, 2.24) is 20.3 Å². The van der Waals surface area contributed by atoms with Gasteiger partial charge in [0, 0.05) is 50.3 Å². The van der Waals surface area contributed by atoms with Crippen LogP contribution in [-0.4, -0.2) is 15.0 Å². The van der Waals surface area contributed by atoms with E-state index in [2.05, 4.69) is 53.9 Å². The van der Waals surface area contributed by atoms with Gasteiger partial charge in [0.1, 0.15) is 22.3 Å². The molecular weight excluding hydrogens is 592 g/mol. The molecule has 0 fully saturated rings. The average molecular weight is 619 g/mol. The molecule has 3 aromatic heterocycles. The molecule has 1 aliphatic rings. The zero-order valence-electron chi connectivity index (χ0n) is 25.6. The Morgan fingerprint density at radius 1 is 0.500 bits per heavy atom. The molecule has 4 heterocycles. The van der Waals surface area contributed by atoms with Crippen molar-refractivity contribution in [3.63, 3.8) is 0 Å². The normalized spacial score (nSPS) is 12.6. The van der Waals surface area contributed by atoms with Crippen LogP contribution in [0.15, 0.2) is 142 Å². The molecule has 226 valence electrons. The Labute approximate surface area is 275 Å². The van der Waals surface area contributed by atoms with Crippen LogP contribution in [0.1, 0.15) is 11.1 Å². The van der Waals surface area contributed by atoms with E-state index in [0.29, 0.717) is 17.5 Å². The maximum absolute atomic E-state index is 6.88. The molecule has 10 rings (SSSR count). The van der Waals surface area contributed by atoms with Crippen molar-refractivity contribution in [1.29, 1.82) is 0 Å². The molecule has 1 N–H and O–H groups in total. The Morgan fingerprint density at radius 3 is 1.98 bits per heavy atom. The molecule has 0 unspecified atom stereocenters. The summed E-state index contributed by atoms with van der Waals surface area (Å²) in [6, 6.07) is 43.2. The summed E-state index contributed by atoms with van der Waals surface area (Å²) in [5.41, 5.74) is 10.4. The molecule has 0 atom stereocenters. The minimum Gasteiger partial charge on any atom is -0.456 e. The highest BCUT2D eigenvalue weighted by atomic mass is 16.3. The third-order valence-electron chi connectivity index (χ3n) is 9.19. The van der Waals surface area contributed by atoms with Crippen LogP contribution in [0, 0.1) is 0 Å². The molecule has 6 aromatic carbocycles. The summed E-state index contributed by atoms with van der Waals surface area (Å²) in [5, 5.41) is 7.48. The van der Waals surface area contributed by atoms with Crippen LogP contribution in [0.4, 0.5) is 0 Å². The van der Waals surface area contributed by atoms with Crippen molar-refractivity contribution >= 4 is 50.0 Å². The van der Waals surface area contributed by atoms with E-state index in [0.717, 1.165) is 83.8 Å². The third-order valence-corrected chi connectivity index (χ3v) is 9.19. The zero-order valence-corrected chi connectivity index (χ0v) is 25.6. The Morgan fingerprint density at radius 2 is 1.19 bits per heavy atom. The van der Waals surface area contributed by atoms with Gasteiger partial charge in [-0.05, 0) is 65.4 Å².